The number of aliphatic hydroxyl groups excluding tert-OH is 1. The zero-order chi connectivity index (χ0) is 22.7. The Morgan fingerprint density at radius 1 is 0.970 bits per heavy atom. The SMILES string of the molecule is O=C1NC(=O)C(c2c(F)ccc3ccoc23)=C1c1cn([C@H]2CC[C@H](O)CC2)c2ccccc12. The van der Waals surface area contributed by atoms with E-state index in [1.807, 2.05) is 30.5 Å². The fourth-order valence-corrected chi connectivity index (χ4v) is 5.23. The minimum Gasteiger partial charge on any atom is -0.464 e. The van der Waals surface area contributed by atoms with Crippen molar-refractivity contribution in [2.75, 3.05) is 0 Å². The van der Waals surface area contributed by atoms with Gasteiger partial charge < -0.3 is 14.1 Å². The number of rotatable bonds is 3. The minimum atomic E-state index is -0.643. The standard InChI is InChI=1S/C26H21FN2O4/c27-19-10-5-14-11-12-33-24(14)22(19)23-21(25(31)28-26(23)32)18-13-29(15-6-8-16(30)9-7-15)20-4-2-1-3-17(18)20/h1-5,10-13,15-16,30H,6-9H2,(H,28,31,32)/t15-,16-. The molecule has 2 aromatic carbocycles. The van der Waals surface area contributed by atoms with E-state index in [1.54, 1.807) is 12.1 Å². The first kappa shape index (κ1) is 19.9. The molecule has 2 N–H and O–H groups in total. The fourth-order valence-electron chi connectivity index (χ4n) is 5.23. The number of aromatic nitrogens is 1. The van der Waals surface area contributed by atoms with E-state index in [-0.39, 0.29) is 34.4 Å². The highest BCUT2D eigenvalue weighted by Crippen LogP contribution is 2.41. The highest BCUT2D eigenvalue weighted by Gasteiger charge is 2.37. The summed E-state index contributed by atoms with van der Waals surface area (Å²) in [6.07, 6.45) is 6.10. The predicted molar refractivity (Wildman–Crippen MR) is 122 cm³/mol. The number of carbonyl (C=O) groups excluding carboxylic acids is 2. The monoisotopic (exact) mass is 444 g/mol. The number of hydrogen-bond acceptors (Lipinski definition) is 4. The van der Waals surface area contributed by atoms with Crippen LogP contribution in [0.1, 0.15) is 42.9 Å². The fraction of sp³-hybridized carbons (Fsp3) is 0.231. The molecule has 2 amide bonds. The van der Waals surface area contributed by atoms with Crippen LogP contribution in [0.2, 0.25) is 0 Å². The average Bonchev–Trinajstić information content (AvgIpc) is 3.50. The van der Waals surface area contributed by atoms with E-state index in [4.69, 9.17) is 4.42 Å². The summed E-state index contributed by atoms with van der Waals surface area (Å²) in [5, 5.41) is 13.7. The van der Waals surface area contributed by atoms with Crippen molar-refractivity contribution in [3.05, 3.63) is 71.9 Å². The van der Waals surface area contributed by atoms with Crippen molar-refractivity contribution in [1.82, 2.24) is 9.88 Å². The van der Waals surface area contributed by atoms with E-state index < -0.39 is 17.6 Å². The van der Waals surface area contributed by atoms with Gasteiger partial charge in [-0.3, -0.25) is 14.9 Å². The Kier molecular flexibility index (Phi) is 4.48. The van der Waals surface area contributed by atoms with Crippen LogP contribution in [0.4, 0.5) is 4.39 Å². The number of para-hydroxylation sites is 1. The molecule has 0 radical (unpaired) electrons. The molecule has 6 rings (SSSR count). The summed E-state index contributed by atoms with van der Waals surface area (Å²) in [5.74, 6) is -1.82. The molecular weight excluding hydrogens is 423 g/mol. The number of halogens is 1. The first-order valence-electron chi connectivity index (χ1n) is 11.1. The maximum Gasteiger partial charge on any atom is 0.259 e. The van der Waals surface area contributed by atoms with E-state index >= 15 is 4.39 Å². The quantitative estimate of drug-likeness (QED) is 0.454. The first-order chi connectivity index (χ1) is 16.0. The lowest BCUT2D eigenvalue weighted by atomic mass is 9.93. The number of aliphatic hydroxyl groups is 1. The van der Waals surface area contributed by atoms with Crippen LogP contribution in [0.15, 0.2) is 59.3 Å². The number of amides is 2. The summed E-state index contributed by atoms with van der Waals surface area (Å²) in [7, 11) is 0. The van der Waals surface area contributed by atoms with Gasteiger partial charge in [0.15, 0.2) is 0 Å². The van der Waals surface area contributed by atoms with Crippen LogP contribution in [0.3, 0.4) is 0 Å². The summed E-state index contributed by atoms with van der Waals surface area (Å²) in [4.78, 5) is 26.0. The molecule has 1 fully saturated rings. The van der Waals surface area contributed by atoms with Gasteiger partial charge in [-0.05, 0) is 49.9 Å². The number of hydrogen-bond donors (Lipinski definition) is 2. The number of carbonyl (C=O) groups is 2. The lowest BCUT2D eigenvalue weighted by molar-refractivity contribution is -0.122. The van der Waals surface area contributed by atoms with E-state index in [0.717, 1.165) is 23.7 Å². The highest BCUT2D eigenvalue weighted by molar-refractivity contribution is 6.50. The van der Waals surface area contributed by atoms with E-state index in [2.05, 4.69) is 9.88 Å². The van der Waals surface area contributed by atoms with Crippen molar-refractivity contribution in [2.45, 2.75) is 37.8 Å². The molecule has 0 unspecified atom stereocenters. The zero-order valence-corrected chi connectivity index (χ0v) is 17.7. The topological polar surface area (TPSA) is 84.5 Å². The van der Waals surface area contributed by atoms with E-state index in [0.29, 0.717) is 23.8 Å². The third kappa shape index (κ3) is 3.03. The van der Waals surface area contributed by atoms with E-state index in [9.17, 15) is 14.7 Å². The molecule has 166 valence electrons. The molecular formula is C26H21FN2O4. The summed E-state index contributed by atoms with van der Waals surface area (Å²) in [5.41, 5.74) is 1.88. The number of fused-ring (bicyclic) bond motifs is 2. The van der Waals surface area contributed by atoms with Crippen LogP contribution >= 0.6 is 0 Å². The van der Waals surface area contributed by atoms with Crippen molar-refractivity contribution in [1.29, 1.82) is 0 Å². The third-order valence-corrected chi connectivity index (χ3v) is 6.82. The molecule has 1 aliphatic heterocycles. The van der Waals surface area contributed by atoms with Crippen LogP contribution in [0, 0.1) is 5.82 Å². The maximum absolute atomic E-state index is 15.1. The Labute approximate surface area is 188 Å². The van der Waals surface area contributed by atoms with Gasteiger partial charge in [0.05, 0.1) is 29.1 Å². The van der Waals surface area contributed by atoms with Crippen LogP contribution < -0.4 is 5.32 Å². The molecule has 0 atom stereocenters. The second-order valence-electron chi connectivity index (χ2n) is 8.72. The Bertz CT molecular complexity index is 1470. The van der Waals surface area contributed by atoms with Crippen molar-refractivity contribution < 1.29 is 23.5 Å². The molecule has 7 heteroatoms. The van der Waals surface area contributed by atoms with Gasteiger partial charge in [-0.25, -0.2) is 4.39 Å². The molecule has 33 heavy (non-hydrogen) atoms. The molecule has 2 aliphatic rings. The van der Waals surface area contributed by atoms with Gasteiger partial charge in [-0.15, -0.1) is 0 Å². The number of nitrogens with zero attached hydrogens (tertiary/aromatic N) is 1. The molecule has 0 bridgehead atoms. The van der Waals surface area contributed by atoms with E-state index in [1.165, 1.54) is 12.3 Å². The minimum absolute atomic E-state index is 0.00605. The molecule has 2 aromatic heterocycles. The molecule has 4 aromatic rings. The summed E-state index contributed by atoms with van der Waals surface area (Å²) >= 11 is 0. The first-order valence-corrected chi connectivity index (χ1v) is 11.1. The molecule has 6 nitrogen and oxygen atoms in total. The van der Waals surface area contributed by atoms with Crippen LogP contribution in [0.5, 0.6) is 0 Å². The van der Waals surface area contributed by atoms with Gasteiger partial charge in [0.1, 0.15) is 11.4 Å². The van der Waals surface area contributed by atoms with Gasteiger partial charge >= 0.3 is 0 Å². The molecule has 1 aliphatic carbocycles. The Morgan fingerprint density at radius 2 is 1.73 bits per heavy atom. The normalized spacial score (nSPS) is 21.4. The second kappa shape index (κ2) is 7.42. The Balaban J connectivity index is 1.62. The Hall–Kier alpha value is -3.71. The zero-order valence-electron chi connectivity index (χ0n) is 17.7. The van der Waals surface area contributed by atoms with Crippen LogP contribution in [-0.2, 0) is 9.59 Å². The van der Waals surface area contributed by atoms with Gasteiger partial charge in [-0.2, -0.15) is 0 Å². The molecule has 1 saturated carbocycles. The molecule has 3 heterocycles. The number of nitrogens with one attached hydrogen (secondary N) is 1. The number of furan rings is 1. The third-order valence-electron chi connectivity index (χ3n) is 6.82. The lowest BCUT2D eigenvalue weighted by Gasteiger charge is -2.27. The summed E-state index contributed by atoms with van der Waals surface area (Å²) in [6.45, 7) is 0. The van der Waals surface area contributed by atoms with Crippen molar-refractivity contribution >= 4 is 44.8 Å². The number of benzene rings is 2. The maximum atomic E-state index is 15.1. The van der Waals surface area contributed by atoms with Crippen LogP contribution in [-0.4, -0.2) is 27.6 Å². The van der Waals surface area contributed by atoms with Crippen molar-refractivity contribution in [3.63, 3.8) is 0 Å². The van der Waals surface area contributed by atoms with Crippen molar-refractivity contribution in [3.8, 4) is 0 Å². The van der Waals surface area contributed by atoms with Gasteiger partial charge in [0.2, 0.25) is 0 Å². The second-order valence-corrected chi connectivity index (χ2v) is 8.72. The van der Waals surface area contributed by atoms with Gasteiger partial charge in [0, 0.05) is 34.1 Å². The highest BCUT2D eigenvalue weighted by atomic mass is 19.1. The van der Waals surface area contributed by atoms with Gasteiger partial charge in [-0.1, -0.05) is 18.2 Å². The Morgan fingerprint density at radius 3 is 2.55 bits per heavy atom. The lowest BCUT2D eigenvalue weighted by Crippen LogP contribution is -2.23. The summed E-state index contributed by atoms with van der Waals surface area (Å²) in [6, 6.07) is 12.4. The number of imide groups is 1. The molecule has 0 spiro atoms. The largest absolute Gasteiger partial charge is 0.464 e. The summed E-state index contributed by atoms with van der Waals surface area (Å²) < 4.78 is 22.7. The predicted octanol–water partition coefficient (Wildman–Crippen LogP) is 4.57. The molecule has 0 saturated heterocycles. The van der Waals surface area contributed by atoms with Crippen molar-refractivity contribution in [2.24, 2.45) is 0 Å². The smallest absolute Gasteiger partial charge is 0.259 e. The van der Waals surface area contributed by atoms with Crippen LogP contribution in [0.25, 0.3) is 33.0 Å². The average molecular weight is 444 g/mol. The van der Waals surface area contributed by atoms with Gasteiger partial charge in [0.25, 0.3) is 11.8 Å².